The predicted molar refractivity (Wildman–Crippen MR) is 54.1 cm³/mol. The van der Waals surface area contributed by atoms with Gasteiger partial charge in [0.05, 0.1) is 0 Å². The molecule has 2 unspecified atom stereocenters. The van der Waals surface area contributed by atoms with Crippen molar-refractivity contribution < 1.29 is 9.90 Å². The largest absolute Gasteiger partial charge is 0.480 e. The van der Waals surface area contributed by atoms with Crippen LogP contribution < -0.4 is 5.32 Å². The molecule has 2 fully saturated rings. The molecule has 0 saturated heterocycles. The van der Waals surface area contributed by atoms with Crippen LogP contribution in [0, 0.1) is 11.3 Å². The minimum Gasteiger partial charge on any atom is -0.480 e. The van der Waals surface area contributed by atoms with Crippen LogP contribution in [0.2, 0.25) is 0 Å². The minimum atomic E-state index is -0.677. The summed E-state index contributed by atoms with van der Waals surface area (Å²) >= 11 is 0. The highest BCUT2D eigenvalue weighted by atomic mass is 16.4. The lowest BCUT2D eigenvalue weighted by atomic mass is 9.99. The van der Waals surface area contributed by atoms with E-state index in [1.165, 1.54) is 12.8 Å². The molecule has 0 spiro atoms. The van der Waals surface area contributed by atoms with Crippen LogP contribution in [0.25, 0.3) is 0 Å². The van der Waals surface area contributed by atoms with Gasteiger partial charge >= 0.3 is 5.97 Å². The van der Waals surface area contributed by atoms with Crippen LogP contribution >= 0.6 is 0 Å². The van der Waals surface area contributed by atoms with Gasteiger partial charge in [-0.25, -0.2) is 0 Å². The first-order valence-electron chi connectivity index (χ1n) is 5.52. The monoisotopic (exact) mass is 197 g/mol. The molecule has 0 aromatic carbocycles. The summed E-state index contributed by atoms with van der Waals surface area (Å²) in [6.45, 7) is 4.35. The second-order valence-corrected chi connectivity index (χ2v) is 5.20. The van der Waals surface area contributed by atoms with Crippen LogP contribution in [0.4, 0.5) is 0 Å². The van der Waals surface area contributed by atoms with Crippen LogP contribution in [0.3, 0.4) is 0 Å². The summed E-state index contributed by atoms with van der Waals surface area (Å²) in [5.41, 5.74) is 0.364. The molecular weight excluding hydrogens is 178 g/mol. The zero-order valence-corrected chi connectivity index (χ0v) is 8.92. The maximum Gasteiger partial charge on any atom is 0.320 e. The Morgan fingerprint density at radius 2 is 2.07 bits per heavy atom. The lowest BCUT2D eigenvalue weighted by Gasteiger charge is -2.24. The Morgan fingerprint density at radius 3 is 2.43 bits per heavy atom. The van der Waals surface area contributed by atoms with E-state index in [9.17, 15) is 4.79 Å². The number of aliphatic carboxylic acids is 1. The van der Waals surface area contributed by atoms with Gasteiger partial charge in [0, 0.05) is 6.04 Å². The molecule has 0 aromatic rings. The third-order valence-electron chi connectivity index (χ3n) is 3.87. The summed E-state index contributed by atoms with van der Waals surface area (Å²) in [6, 6.07) is 0.0339. The van der Waals surface area contributed by atoms with Crippen LogP contribution in [0.15, 0.2) is 0 Å². The molecule has 2 aliphatic rings. The van der Waals surface area contributed by atoms with Crippen LogP contribution in [-0.4, -0.2) is 23.2 Å². The van der Waals surface area contributed by atoms with E-state index in [0.717, 1.165) is 12.8 Å². The summed E-state index contributed by atoms with van der Waals surface area (Å²) < 4.78 is 0. The van der Waals surface area contributed by atoms with Crippen molar-refractivity contribution >= 4 is 5.97 Å². The van der Waals surface area contributed by atoms with Gasteiger partial charge in [-0.05, 0) is 43.9 Å². The molecule has 2 aliphatic carbocycles. The molecule has 0 aliphatic heterocycles. The molecule has 0 heterocycles. The quantitative estimate of drug-likeness (QED) is 0.704. The fourth-order valence-corrected chi connectivity index (χ4v) is 1.94. The number of nitrogens with one attached hydrogen (secondary N) is 1. The molecule has 14 heavy (non-hydrogen) atoms. The molecule has 0 bridgehead atoms. The van der Waals surface area contributed by atoms with E-state index in [4.69, 9.17) is 5.11 Å². The van der Waals surface area contributed by atoms with E-state index in [1.54, 1.807) is 0 Å². The molecule has 2 rings (SSSR count). The van der Waals surface area contributed by atoms with Crippen molar-refractivity contribution in [1.82, 2.24) is 5.32 Å². The normalized spacial score (nSPS) is 28.1. The van der Waals surface area contributed by atoms with E-state index >= 15 is 0 Å². The van der Waals surface area contributed by atoms with Crippen molar-refractivity contribution in [3.05, 3.63) is 0 Å². The van der Waals surface area contributed by atoms with Crippen molar-refractivity contribution in [2.45, 2.75) is 51.6 Å². The second kappa shape index (κ2) is 3.23. The number of carbonyl (C=O) groups is 1. The van der Waals surface area contributed by atoms with Gasteiger partial charge in [-0.3, -0.25) is 4.79 Å². The Labute approximate surface area is 84.9 Å². The van der Waals surface area contributed by atoms with Gasteiger partial charge in [0.15, 0.2) is 0 Å². The van der Waals surface area contributed by atoms with Gasteiger partial charge in [0.2, 0.25) is 0 Å². The van der Waals surface area contributed by atoms with E-state index in [0.29, 0.717) is 17.4 Å². The van der Waals surface area contributed by atoms with Crippen molar-refractivity contribution in [1.29, 1.82) is 0 Å². The van der Waals surface area contributed by atoms with Crippen molar-refractivity contribution in [3.63, 3.8) is 0 Å². The Morgan fingerprint density at radius 1 is 1.50 bits per heavy atom. The first-order valence-corrected chi connectivity index (χ1v) is 5.52. The maximum absolute atomic E-state index is 11.0. The first kappa shape index (κ1) is 9.97. The maximum atomic E-state index is 11.0. The molecule has 0 aromatic heterocycles. The number of hydrogen-bond acceptors (Lipinski definition) is 2. The zero-order valence-electron chi connectivity index (χ0n) is 8.92. The molecule has 2 saturated carbocycles. The highest BCUT2D eigenvalue weighted by Crippen LogP contribution is 2.48. The van der Waals surface area contributed by atoms with E-state index in [2.05, 4.69) is 19.2 Å². The summed E-state index contributed by atoms with van der Waals surface area (Å²) in [4.78, 5) is 11.0. The van der Waals surface area contributed by atoms with Crippen molar-refractivity contribution in [3.8, 4) is 0 Å². The number of carboxylic acid groups (broad SMARTS) is 1. The van der Waals surface area contributed by atoms with Gasteiger partial charge < -0.3 is 10.4 Å². The minimum absolute atomic E-state index is 0.303. The van der Waals surface area contributed by atoms with Gasteiger partial charge in [-0.1, -0.05) is 6.92 Å². The number of carboxylic acids is 1. The van der Waals surface area contributed by atoms with Crippen molar-refractivity contribution in [2.24, 2.45) is 11.3 Å². The molecule has 0 radical (unpaired) electrons. The molecular formula is C11H19NO2. The van der Waals surface area contributed by atoms with E-state index < -0.39 is 5.97 Å². The highest BCUT2D eigenvalue weighted by molar-refractivity contribution is 5.74. The van der Waals surface area contributed by atoms with Crippen LogP contribution in [-0.2, 0) is 4.79 Å². The lowest BCUT2D eigenvalue weighted by molar-refractivity contribution is -0.140. The Balaban J connectivity index is 1.90. The molecule has 3 heteroatoms. The fourth-order valence-electron chi connectivity index (χ4n) is 1.94. The van der Waals surface area contributed by atoms with Crippen molar-refractivity contribution in [2.75, 3.05) is 0 Å². The summed E-state index contributed by atoms with van der Waals surface area (Å²) in [5.74, 6) is -0.291. The highest BCUT2D eigenvalue weighted by Gasteiger charge is 2.45. The summed E-state index contributed by atoms with van der Waals surface area (Å²) in [5, 5.41) is 12.3. The third-order valence-corrected chi connectivity index (χ3v) is 3.87. The second-order valence-electron chi connectivity index (χ2n) is 5.20. The topological polar surface area (TPSA) is 49.3 Å². The first-order chi connectivity index (χ1) is 6.53. The van der Waals surface area contributed by atoms with Crippen LogP contribution in [0.1, 0.15) is 39.5 Å². The van der Waals surface area contributed by atoms with Gasteiger partial charge in [0.1, 0.15) is 6.04 Å². The lowest BCUT2D eigenvalue weighted by Crippen LogP contribution is -2.46. The SMILES string of the molecule is CC(NC(C(=O)O)C1CC1)C1(C)CC1. The van der Waals surface area contributed by atoms with E-state index in [1.807, 2.05) is 0 Å². The number of hydrogen-bond donors (Lipinski definition) is 2. The average molecular weight is 197 g/mol. The summed E-state index contributed by atoms with van der Waals surface area (Å²) in [7, 11) is 0. The fraction of sp³-hybridized carbons (Fsp3) is 0.909. The molecule has 3 nitrogen and oxygen atoms in total. The third kappa shape index (κ3) is 1.92. The molecule has 2 atom stereocenters. The molecule has 80 valence electrons. The Bertz CT molecular complexity index is 244. The van der Waals surface area contributed by atoms with Gasteiger partial charge in [0.25, 0.3) is 0 Å². The Kier molecular flexibility index (Phi) is 2.30. The standard InChI is InChI=1S/C11H19NO2/c1-7(11(2)5-6-11)12-9(10(13)14)8-3-4-8/h7-9,12H,3-6H2,1-2H3,(H,13,14). The summed E-state index contributed by atoms with van der Waals surface area (Å²) in [6.07, 6.45) is 4.62. The van der Waals surface area contributed by atoms with Gasteiger partial charge in [-0.15, -0.1) is 0 Å². The average Bonchev–Trinajstić information content (AvgIpc) is 2.94. The van der Waals surface area contributed by atoms with E-state index in [-0.39, 0.29) is 6.04 Å². The Hall–Kier alpha value is -0.570. The van der Waals surface area contributed by atoms with Gasteiger partial charge in [-0.2, -0.15) is 0 Å². The molecule has 2 N–H and O–H groups in total. The van der Waals surface area contributed by atoms with Crippen LogP contribution in [0.5, 0.6) is 0 Å². The number of rotatable bonds is 5. The molecule has 0 amide bonds. The predicted octanol–water partition coefficient (Wildman–Crippen LogP) is 1.63. The smallest absolute Gasteiger partial charge is 0.320 e. The zero-order chi connectivity index (χ0) is 10.3.